The standard InChI is InChI=1S/C10H17N3OS/c1-8-10(15-7-11-8)9(2)12-13-3-5-14-6-4-13/h7,9,12H,3-6H2,1-2H3. The van der Waals surface area contributed by atoms with Crippen molar-refractivity contribution < 1.29 is 4.74 Å². The Hall–Kier alpha value is -0.490. The normalized spacial score (nSPS) is 20.4. The maximum absolute atomic E-state index is 5.30. The lowest BCUT2D eigenvalue weighted by atomic mass is 10.2. The second-order valence-electron chi connectivity index (χ2n) is 3.75. The van der Waals surface area contributed by atoms with E-state index in [1.165, 1.54) is 4.88 Å². The largest absolute Gasteiger partial charge is 0.379 e. The Balaban J connectivity index is 1.91. The Labute approximate surface area is 94.2 Å². The monoisotopic (exact) mass is 227 g/mol. The Morgan fingerprint density at radius 1 is 1.53 bits per heavy atom. The first-order valence-electron chi connectivity index (χ1n) is 5.26. The number of ether oxygens (including phenoxy) is 1. The molecule has 1 unspecified atom stereocenters. The molecule has 0 spiro atoms. The summed E-state index contributed by atoms with van der Waals surface area (Å²) in [5.41, 5.74) is 6.52. The first-order valence-corrected chi connectivity index (χ1v) is 6.14. The molecule has 1 aromatic heterocycles. The summed E-state index contributed by atoms with van der Waals surface area (Å²) in [4.78, 5) is 5.59. The van der Waals surface area contributed by atoms with Gasteiger partial charge in [0, 0.05) is 18.0 Å². The highest BCUT2D eigenvalue weighted by Gasteiger charge is 2.16. The quantitative estimate of drug-likeness (QED) is 0.846. The smallest absolute Gasteiger partial charge is 0.0798 e. The molecular formula is C10H17N3OS. The van der Waals surface area contributed by atoms with Crippen molar-refractivity contribution in [2.45, 2.75) is 19.9 Å². The van der Waals surface area contributed by atoms with Gasteiger partial charge in [-0.15, -0.1) is 11.3 Å². The fourth-order valence-corrected chi connectivity index (χ4v) is 2.56. The summed E-state index contributed by atoms with van der Waals surface area (Å²) in [6, 6.07) is 0.343. The number of hydrazine groups is 1. The van der Waals surface area contributed by atoms with Gasteiger partial charge in [0.1, 0.15) is 0 Å². The molecule has 1 aliphatic rings. The van der Waals surface area contributed by atoms with Crippen molar-refractivity contribution in [1.29, 1.82) is 0 Å². The third-order valence-electron chi connectivity index (χ3n) is 2.56. The number of morpholine rings is 1. The molecule has 15 heavy (non-hydrogen) atoms. The van der Waals surface area contributed by atoms with Crippen LogP contribution in [0.15, 0.2) is 5.51 Å². The highest BCUT2D eigenvalue weighted by molar-refractivity contribution is 7.09. The zero-order chi connectivity index (χ0) is 10.7. The van der Waals surface area contributed by atoms with Crippen molar-refractivity contribution in [3.63, 3.8) is 0 Å². The Morgan fingerprint density at radius 3 is 2.87 bits per heavy atom. The van der Waals surface area contributed by atoms with Crippen LogP contribution in [0.1, 0.15) is 23.5 Å². The number of hydrogen-bond donors (Lipinski definition) is 1. The van der Waals surface area contributed by atoms with Crippen LogP contribution in [0.4, 0.5) is 0 Å². The van der Waals surface area contributed by atoms with Gasteiger partial charge in [-0.05, 0) is 13.8 Å². The number of nitrogens with zero attached hydrogens (tertiary/aromatic N) is 2. The van der Waals surface area contributed by atoms with Crippen LogP contribution in [0.3, 0.4) is 0 Å². The summed E-state index contributed by atoms with van der Waals surface area (Å²) in [7, 11) is 0. The van der Waals surface area contributed by atoms with E-state index < -0.39 is 0 Å². The minimum atomic E-state index is 0.343. The third kappa shape index (κ3) is 2.75. The van der Waals surface area contributed by atoms with Gasteiger partial charge in [-0.2, -0.15) is 0 Å². The maximum atomic E-state index is 5.30. The number of hydrogen-bond acceptors (Lipinski definition) is 5. The topological polar surface area (TPSA) is 37.4 Å². The van der Waals surface area contributed by atoms with Crippen LogP contribution >= 0.6 is 11.3 Å². The van der Waals surface area contributed by atoms with Crippen molar-refractivity contribution in [3.05, 3.63) is 16.1 Å². The predicted octanol–water partition coefficient (Wildman–Crippen LogP) is 1.35. The van der Waals surface area contributed by atoms with E-state index in [4.69, 9.17) is 4.74 Å². The zero-order valence-corrected chi connectivity index (χ0v) is 10.0. The third-order valence-corrected chi connectivity index (χ3v) is 3.68. The molecular weight excluding hydrogens is 210 g/mol. The minimum Gasteiger partial charge on any atom is -0.379 e. The summed E-state index contributed by atoms with van der Waals surface area (Å²) in [5, 5.41) is 2.23. The van der Waals surface area contributed by atoms with Crippen LogP contribution in [0.5, 0.6) is 0 Å². The summed E-state index contributed by atoms with van der Waals surface area (Å²) >= 11 is 1.71. The molecule has 1 N–H and O–H groups in total. The Kier molecular flexibility index (Phi) is 3.69. The SMILES string of the molecule is Cc1ncsc1C(C)NN1CCOCC1. The Bertz CT molecular complexity index is 309. The number of aromatic nitrogens is 1. The van der Waals surface area contributed by atoms with E-state index in [2.05, 4.69) is 29.3 Å². The number of nitrogens with one attached hydrogen (secondary N) is 1. The van der Waals surface area contributed by atoms with Crippen LogP contribution < -0.4 is 5.43 Å². The lowest BCUT2D eigenvalue weighted by molar-refractivity contribution is 0.00506. The fraction of sp³-hybridized carbons (Fsp3) is 0.700. The second kappa shape index (κ2) is 5.03. The van der Waals surface area contributed by atoms with Gasteiger partial charge in [-0.1, -0.05) is 0 Å². The molecule has 1 fully saturated rings. The molecule has 0 radical (unpaired) electrons. The summed E-state index contributed by atoms with van der Waals surface area (Å²) in [5.74, 6) is 0. The van der Waals surface area contributed by atoms with E-state index in [0.717, 1.165) is 32.0 Å². The maximum Gasteiger partial charge on any atom is 0.0798 e. The van der Waals surface area contributed by atoms with Gasteiger partial charge in [0.25, 0.3) is 0 Å². The molecule has 2 rings (SSSR count). The minimum absolute atomic E-state index is 0.343. The van der Waals surface area contributed by atoms with Gasteiger partial charge >= 0.3 is 0 Å². The van der Waals surface area contributed by atoms with Crippen LogP contribution in [0.25, 0.3) is 0 Å². The van der Waals surface area contributed by atoms with E-state index in [1.54, 1.807) is 11.3 Å². The van der Waals surface area contributed by atoms with E-state index in [0.29, 0.717) is 6.04 Å². The molecule has 0 bridgehead atoms. The van der Waals surface area contributed by atoms with Crippen LogP contribution in [0, 0.1) is 6.92 Å². The van der Waals surface area contributed by atoms with Gasteiger partial charge in [-0.25, -0.2) is 15.4 Å². The summed E-state index contributed by atoms with van der Waals surface area (Å²) in [6.07, 6.45) is 0. The van der Waals surface area contributed by atoms with Gasteiger partial charge in [0.2, 0.25) is 0 Å². The molecule has 1 aromatic rings. The first kappa shape index (κ1) is 11.0. The molecule has 84 valence electrons. The molecule has 4 nitrogen and oxygen atoms in total. The van der Waals surface area contributed by atoms with E-state index in [-0.39, 0.29) is 0 Å². The molecule has 0 aromatic carbocycles. The van der Waals surface area contributed by atoms with Gasteiger partial charge in [0.15, 0.2) is 0 Å². The molecule has 0 amide bonds. The van der Waals surface area contributed by atoms with Crippen LogP contribution in [-0.2, 0) is 4.74 Å². The average Bonchev–Trinajstić information content (AvgIpc) is 2.66. The molecule has 1 atom stereocenters. The molecule has 1 saturated heterocycles. The average molecular weight is 227 g/mol. The van der Waals surface area contributed by atoms with E-state index >= 15 is 0 Å². The lowest BCUT2D eigenvalue weighted by Gasteiger charge is -2.30. The van der Waals surface area contributed by atoms with E-state index in [1.807, 2.05) is 5.51 Å². The van der Waals surface area contributed by atoms with Crippen LogP contribution in [-0.4, -0.2) is 36.3 Å². The van der Waals surface area contributed by atoms with Gasteiger partial charge < -0.3 is 4.74 Å². The first-order chi connectivity index (χ1) is 7.27. The number of rotatable bonds is 3. The number of aryl methyl sites for hydroxylation is 1. The van der Waals surface area contributed by atoms with Gasteiger partial charge in [0.05, 0.1) is 30.5 Å². The molecule has 5 heteroatoms. The van der Waals surface area contributed by atoms with E-state index in [9.17, 15) is 0 Å². The molecule has 2 heterocycles. The van der Waals surface area contributed by atoms with Crippen molar-refractivity contribution in [2.24, 2.45) is 0 Å². The van der Waals surface area contributed by atoms with Crippen molar-refractivity contribution >= 4 is 11.3 Å². The summed E-state index contributed by atoms with van der Waals surface area (Å²) < 4.78 is 5.30. The molecule has 1 aliphatic heterocycles. The molecule has 0 saturated carbocycles. The van der Waals surface area contributed by atoms with Crippen molar-refractivity contribution in [2.75, 3.05) is 26.3 Å². The molecule has 0 aliphatic carbocycles. The number of thiazole rings is 1. The summed E-state index contributed by atoms with van der Waals surface area (Å²) in [6.45, 7) is 7.80. The fourth-order valence-electron chi connectivity index (χ4n) is 1.75. The lowest BCUT2D eigenvalue weighted by Crippen LogP contribution is -2.46. The second-order valence-corrected chi connectivity index (χ2v) is 4.64. The van der Waals surface area contributed by atoms with Crippen molar-refractivity contribution in [1.82, 2.24) is 15.4 Å². The van der Waals surface area contributed by atoms with Crippen molar-refractivity contribution in [3.8, 4) is 0 Å². The predicted molar refractivity (Wildman–Crippen MR) is 60.8 cm³/mol. The van der Waals surface area contributed by atoms with Gasteiger partial charge in [-0.3, -0.25) is 0 Å². The zero-order valence-electron chi connectivity index (χ0n) is 9.19. The Morgan fingerprint density at radius 2 is 2.27 bits per heavy atom. The highest BCUT2D eigenvalue weighted by Crippen LogP contribution is 2.21. The highest BCUT2D eigenvalue weighted by atomic mass is 32.1. The van der Waals surface area contributed by atoms with Crippen LogP contribution in [0.2, 0.25) is 0 Å².